The lowest BCUT2D eigenvalue weighted by molar-refractivity contribution is -0.664. The zero-order valence-corrected chi connectivity index (χ0v) is 19.4. The summed E-state index contributed by atoms with van der Waals surface area (Å²) in [5, 5.41) is 0. The minimum absolute atomic E-state index is 0.783. The van der Waals surface area contributed by atoms with Gasteiger partial charge >= 0.3 is 0 Å². The molecule has 5 aromatic rings. The first kappa shape index (κ1) is 21.6. The van der Waals surface area contributed by atoms with Crippen molar-refractivity contribution in [2.45, 2.75) is 13.5 Å². The molecule has 0 aliphatic heterocycles. The van der Waals surface area contributed by atoms with Crippen LogP contribution in [0.15, 0.2) is 140 Å². The topological polar surface area (TPSA) is 3.88 Å². The van der Waals surface area contributed by atoms with Crippen molar-refractivity contribution < 1.29 is 4.57 Å². The van der Waals surface area contributed by atoms with Crippen molar-refractivity contribution >= 4 is 0 Å². The number of aromatic nitrogens is 1. The Morgan fingerprint density at radius 2 is 0.853 bits per heavy atom. The molecular formula is C33H28N+. The summed E-state index contributed by atoms with van der Waals surface area (Å²) in [4.78, 5) is 0. The number of allylic oxidation sites excluding steroid dienone is 2. The summed E-state index contributed by atoms with van der Waals surface area (Å²) in [6, 6.07) is 45.3. The van der Waals surface area contributed by atoms with Gasteiger partial charge in [-0.2, -0.15) is 4.57 Å². The van der Waals surface area contributed by atoms with Gasteiger partial charge in [-0.25, -0.2) is 0 Å². The van der Waals surface area contributed by atoms with Crippen LogP contribution in [0, 0.1) is 0 Å². The molecule has 0 saturated heterocycles. The number of rotatable bonds is 6. The van der Waals surface area contributed by atoms with E-state index >= 15 is 0 Å². The third-order valence-corrected chi connectivity index (χ3v) is 6.13. The molecule has 0 radical (unpaired) electrons. The molecule has 4 aromatic carbocycles. The lowest BCUT2D eigenvalue weighted by Gasteiger charge is -2.17. The second-order valence-corrected chi connectivity index (χ2v) is 8.31. The summed E-state index contributed by atoms with van der Waals surface area (Å²) >= 11 is 0. The highest BCUT2D eigenvalue weighted by Crippen LogP contribution is 2.38. The Morgan fingerprint density at radius 1 is 0.500 bits per heavy atom. The van der Waals surface area contributed by atoms with Crippen LogP contribution in [0.5, 0.6) is 0 Å². The van der Waals surface area contributed by atoms with E-state index in [4.69, 9.17) is 0 Å². The van der Waals surface area contributed by atoms with Crippen LogP contribution in [0.3, 0.4) is 0 Å². The van der Waals surface area contributed by atoms with E-state index in [-0.39, 0.29) is 0 Å². The zero-order chi connectivity index (χ0) is 23.2. The molecule has 0 bridgehead atoms. The minimum atomic E-state index is 0.783. The predicted molar refractivity (Wildman–Crippen MR) is 143 cm³/mol. The van der Waals surface area contributed by atoms with Crippen LogP contribution >= 0.6 is 0 Å². The number of nitrogens with zero attached hydrogens (tertiary/aromatic N) is 1. The van der Waals surface area contributed by atoms with E-state index in [1.54, 1.807) is 0 Å². The van der Waals surface area contributed by atoms with Gasteiger partial charge in [-0.1, -0.05) is 103 Å². The van der Waals surface area contributed by atoms with Gasteiger partial charge in [0.2, 0.25) is 11.4 Å². The largest absolute Gasteiger partial charge is 0.221 e. The summed E-state index contributed by atoms with van der Waals surface area (Å²) < 4.78 is 2.48. The van der Waals surface area contributed by atoms with E-state index in [0.29, 0.717) is 0 Å². The molecule has 34 heavy (non-hydrogen) atoms. The molecule has 0 unspecified atom stereocenters. The summed E-state index contributed by atoms with van der Waals surface area (Å²) in [6.07, 6.45) is 4.37. The van der Waals surface area contributed by atoms with Crippen LogP contribution in [0.4, 0.5) is 0 Å². The third kappa shape index (κ3) is 4.33. The fourth-order valence-electron chi connectivity index (χ4n) is 4.57. The molecule has 1 aromatic heterocycles. The Kier molecular flexibility index (Phi) is 6.45. The summed E-state index contributed by atoms with van der Waals surface area (Å²) in [6.45, 7) is 2.87. The van der Waals surface area contributed by atoms with Crippen LogP contribution < -0.4 is 4.57 Å². The molecule has 0 atom stereocenters. The Balaban J connectivity index is 1.95. The van der Waals surface area contributed by atoms with Crippen molar-refractivity contribution in [2.24, 2.45) is 0 Å². The van der Waals surface area contributed by atoms with Gasteiger partial charge in [-0.3, -0.25) is 0 Å². The summed E-state index contributed by atoms with van der Waals surface area (Å²) in [5.74, 6) is 0. The van der Waals surface area contributed by atoms with E-state index in [2.05, 4.69) is 151 Å². The van der Waals surface area contributed by atoms with Crippen molar-refractivity contribution in [3.8, 4) is 44.8 Å². The van der Waals surface area contributed by atoms with Crippen molar-refractivity contribution in [1.82, 2.24) is 0 Å². The van der Waals surface area contributed by atoms with Crippen molar-refractivity contribution in [3.63, 3.8) is 0 Å². The van der Waals surface area contributed by atoms with Crippen LogP contribution in [0.25, 0.3) is 44.8 Å². The minimum Gasteiger partial charge on any atom is -0.187 e. The molecule has 0 aliphatic rings. The van der Waals surface area contributed by atoms with E-state index in [1.807, 2.05) is 0 Å². The van der Waals surface area contributed by atoms with E-state index in [1.165, 1.54) is 44.8 Å². The van der Waals surface area contributed by atoms with E-state index in [9.17, 15) is 0 Å². The molecule has 0 fully saturated rings. The van der Waals surface area contributed by atoms with Gasteiger partial charge in [0.25, 0.3) is 0 Å². The van der Waals surface area contributed by atoms with Crippen molar-refractivity contribution in [3.05, 3.63) is 140 Å². The zero-order valence-electron chi connectivity index (χ0n) is 19.4. The number of benzene rings is 4. The quantitative estimate of drug-likeness (QED) is 0.186. The van der Waals surface area contributed by atoms with Crippen molar-refractivity contribution in [1.29, 1.82) is 0 Å². The van der Waals surface area contributed by atoms with Crippen molar-refractivity contribution in [2.75, 3.05) is 0 Å². The Morgan fingerprint density at radius 3 is 1.21 bits per heavy atom. The molecule has 0 amide bonds. The highest BCUT2D eigenvalue weighted by molar-refractivity contribution is 5.88. The summed E-state index contributed by atoms with van der Waals surface area (Å²) in [5.41, 5.74) is 9.77. The van der Waals surface area contributed by atoms with Gasteiger partial charge < -0.3 is 0 Å². The Labute approximate surface area is 202 Å². The second kappa shape index (κ2) is 10.1. The maximum absolute atomic E-state index is 2.48. The van der Waals surface area contributed by atoms with Crippen LogP contribution in [-0.2, 0) is 6.54 Å². The average Bonchev–Trinajstić information content (AvgIpc) is 2.93. The lowest BCUT2D eigenvalue weighted by atomic mass is 9.91. The lowest BCUT2D eigenvalue weighted by Crippen LogP contribution is -2.39. The number of hydrogen-bond donors (Lipinski definition) is 0. The number of hydrogen-bond acceptors (Lipinski definition) is 0. The van der Waals surface area contributed by atoms with Crippen LogP contribution in [-0.4, -0.2) is 0 Å². The highest BCUT2D eigenvalue weighted by atomic mass is 15.0. The molecule has 5 rings (SSSR count). The predicted octanol–water partition coefficient (Wildman–Crippen LogP) is 8.22. The molecule has 1 heteroatoms. The number of pyridine rings is 1. The molecular weight excluding hydrogens is 410 g/mol. The first-order chi connectivity index (χ1) is 16.9. The van der Waals surface area contributed by atoms with E-state index in [0.717, 1.165) is 6.54 Å². The van der Waals surface area contributed by atoms with Gasteiger partial charge in [0.1, 0.15) is 0 Å². The highest BCUT2D eigenvalue weighted by Gasteiger charge is 2.28. The Bertz CT molecular complexity index is 1290. The maximum atomic E-state index is 2.48. The maximum Gasteiger partial charge on any atom is 0.221 e. The van der Waals surface area contributed by atoms with Gasteiger partial charge in [0, 0.05) is 11.1 Å². The molecule has 164 valence electrons. The molecule has 0 aliphatic carbocycles. The van der Waals surface area contributed by atoms with Gasteiger partial charge in [0.15, 0.2) is 6.54 Å². The fourth-order valence-corrected chi connectivity index (χ4v) is 4.57. The first-order valence-electron chi connectivity index (χ1n) is 11.8. The van der Waals surface area contributed by atoms with Crippen LogP contribution in [0.1, 0.15) is 6.92 Å². The monoisotopic (exact) mass is 438 g/mol. The smallest absolute Gasteiger partial charge is 0.187 e. The molecule has 1 nitrogen and oxygen atoms in total. The first-order valence-corrected chi connectivity index (χ1v) is 11.8. The summed E-state index contributed by atoms with van der Waals surface area (Å²) in [7, 11) is 0. The normalized spacial score (nSPS) is 11.1. The second-order valence-electron chi connectivity index (χ2n) is 8.31. The molecule has 1 heterocycles. The fraction of sp³-hybridized carbons (Fsp3) is 0.0606. The SMILES string of the molecule is C/C=C/C[n+]1c(-c2ccccc2)c(-c2ccccc2)cc(-c2ccccc2)c1-c1ccccc1. The third-order valence-electron chi connectivity index (χ3n) is 6.13. The van der Waals surface area contributed by atoms with Gasteiger partial charge in [-0.15, -0.1) is 0 Å². The standard InChI is InChI=1S/C33H28N/c1-2-3-24-34-32(28-20-12-6-13-21-28)30(26-16-8-4-9-17-26)25-31(27-18-10-5-11-19-27)33(34)29-22-14-7-15-23-29/h2-23,25H,24H2,1H3/q+1/b3-2+. The Hall–Kier alpha value is -4.23. The average molecular weight is 439 g/mol. The molecule has 0 spiro atoms. The van der Waals surface area contributed by atoms with Gasteiger partial charge in [0.05, 0.1) is 11.1 Å². The molecule has 0 saturated carbocycles. The van der Waals surface area contributed by atoms with Gasteiger partial charge in [-0.05, 0) is 54.5 Å². The molecule has 0 N–H and O–H groups in total. The van der Waals surface area contributed by atoms with E-state index < -0.39 is 0 Å². The van der Waals surface area contributed by atoms with Crippen LogP contribution in [0.2, 0.25) is 0 Å².